The van der Waals surface area contributed by atoms with Crippen molar-refractivity contribution >= 4 is 18.3 Å². The Morgan fingerprint density at radius 3 is 2.71 bits per heavy atom. The fraction of sp³-hybridized carbons (Fsp3) is 0.462. The van der Waals surface area contributed by atoms with E-state index in [4.69, 9.17) is 5.73 Å². The monoisotopic (exact) mass is 254 g/mol. The van der Waals surface area contributed by atoms with Gasteiger partial charge in [-0.3, -0.25) is 4.79 Å². The summed E-state index contributed by atoms with van der Waals surface area (Å²) in [4.78, 5) is 13.6. The summed E-state index contributed by atoms with van der Waals surface area (Å²) in [6.07, 6.45) is 1.54. The second kappa shape index (κ2) is 6.62. The van der Waals surface area contributed by atoms with Gasteiger partial charge in [-0.05, 0) is 12.0 Å². The van der Waals surface area contributed by atoms with Crippen molar-refractivity contribution in [2.45, 2.75) is 18.8 Å². The van der Waals surface area contributed by atoms with Gasteiger partial charge in [0, 0.05) is 32.0 Å². The lowest BCUT2D eigenvalue weighted by atomic mass is 9.99. The Labute approximate surface area is 108 Å². The lowest BCUT2D eigenvalue weighted by molar-refractivity contribution is -0.129. The SMILES string of the molecule is Cl.NCCC(=O)N1CCC(c2ccccc2)C1. The van der Waals surface area contributed by atoms with Crippen molar-refractivity contribution < 1.29 is 4.79 Å². The van der Waals surface area contributed by atoms with Crippen LogP contribution in [0.2, 0.25) is 0 Å². The minimum absolute atomic E-state index is 0. The molecule has 2 rings (SSSR count). The highest BCUT2D eigenvalue weighted by Gasteiger charge is 2.26. The number of benzene rings is 1. The van der Waals surface area contributed by atoms with Crippen LogP contribution in [0.15, 0.2) is 30.3 Å². The van der Waals surface area contributed by atoms with E-state index < -0.39 is 0 Å². The molecule has 2 N–H and O–H groups in total. The van der Waals surface area contributed by atoms with Gasteiger partial charge in [0.15, 0.2) is 0 Å². The second-order valence-electron chi connectivity index (χ2n) is 4.27. The van der Waals surface area contributed by atoms with Crippen LogP contribution in [-0.4, -0.2) is 30.4 Å². The normalized spacial score (nSPS) is 18.9. The minimum atomic E-state index is 0. The van der Waals surface area contributed by atoms with Crippen LogP contribution in [0.3, 0.4) is 0 Å². The molecule has 1 aromatic carbocycles. The first-order valence-corrected chi connectivity index (χ1v) is 5.84. The highest BCUT2D eigenvalue weighted by Crippen LogP contribution is 2.26. The molecule has 1 atom stereocenters. The summed E-state index contributed by atoms with van der Waals surface area (Å²) in [7, 11) is 0. The molecule has 1 saturated heterocycles. The van der Waals surface area contributed by atoms with Crippen molar-refractivity contribution in [3.63, 3.8) is 0 Å². The average molecular weight is 255 g/mol. The van der Waals surface area contributed by atoms with Crippen LogP contribution in [-0.2, 0) is 4.79 Å². The molecule has 1 amide bonds. The molecule has 1 unspecified atom stereocenters. The van der Waals surface area contributed by atoms with E-state index in [1.165, 1.54) is 5.56 Å². The fourth-order valence-electron chi connectivity index (χ4n) is 2.27. The lowest BCUT2D eigenvalue weighted by Gasteiger charge is -2.16. The van der Waals surface area contributed by atoms with Gasteiger partial charge in [0.25, 0.3) is 0 Å². The number of rotatable bonds is 3. The molecule has 17 heavy (non-hydrogen) atoms. The highest BCUT2D eigenvalue weighted by atomic mass is 35.5. The van der Waals surface area contributed by atoms with Crippen LogP contribution in [0, 0.1) is 0 Å². The first kappa shape index (κ1) is 14.0. The van der Waals surface area contributed by atoms with Crippen molar-refractivity contribution in [3.05, 3.63) is 35.9 Å². The molecule has 0 spiro atoms. The predicted molar refractivity (Wildman–Crippen MR) is 71.3 cm³/mol. The van der Waals surface area contributed by atoms with Crippen LogP contribution in [0.4, 0.5) is 0 Å². The molecule has 3 nitrogen and oxygen atoms in total. The van der Waals surface area contributed by atoms with E-state index in [2.05, 4.69) is 24.3 Å². The molecule has 94 valence electrons. The summed E-state index contributed by atoms with van der Waals surface area (Å²) in [5, 5.41) is 0. The molecule has 0 saturated carbocycles. The van der Waals surface area contributed by atoms with E-state index in [9.17, 15) is 4.79 Å². The first-order chi connectivity index (χ1) is 7.81. The number of amides is 1. The molecule has 0 aromatic heterocycles. The van der Waals surface area contributed by atoms with Crippen LogP contribution < -0.4 is 5.73 Å². The maximum absolute atomic E-state index is 11.7. The Bertz CT molecular complexity index is 356. The van der Waals surface area contributed by atoms with Gasteiger partial charge >= 0.3 is 0 Å². The Hall–Kier alpha value is -1.06. The van der Waals surface area contributed by atoms with Crippen molar-refractivity contribution in [2.24, 2.45) is 5.73 Å². The van der Waals surface area contributed by atoms with Crippen molar-refractivity contribution in [3.8, 4) is 0 Å². The number of nitrogens with zero attached hydrogens (tertiary/aromatic N) is 1. The zero-order valence-corrected chi connectivity index (χ0v) is 10.7. The summed E-state index contributed by atoms with van der Waals surface area (Å²) in [6.45, 7) is 2.17. The second-order valence-corrected chi connectivity index (χ2v) is 4.27. The van der Waals surface area contributed by atoms with E-state index in [-0.39, 0.29) is 18.3 Å². The van der Waals surface area contributed by atoms with Crippen molar-refractivity contribution in [1.82, 2.24) is 4.90 Å². The molecule has 0 bridgehead atoms. The van der Waals surface area contributed by atoms with Gasteiger partial charge in [-0.25, -0.2) is 0 Å². The molecular weight excluding hydrogens is 236 g/mol. The zero-order chi connectivity index (χ0) is 11.4. The largest absolute Gasteiger partial charge is 0.342 e. The quantitative estimate of drug-likeness (QED) is 0.894. The third-order valence-electron chi connectivity index (χ3n) is 3.17. The third-order valence-corrected chi connectivity index (χ3v) is 3.17. The summed E-state index contributed by atoms with van der Waals surface area (Å²) in [6, 6.07) is 10.4. The summed E-state index contributed by atoms with van der Waals surface area (Å²) in [5.74, 6) is 0.698. The third kappa shape index (κ3) is 3.45. The number of nitrogens with two attached hydrogens (primary N) is 1. The van der Waals surface area contributed by atoms with Gasteiger partial charge in [-0.15, -0.1) is 12.4 Å². The van der Waals surface area contributed by atoms with Gasteiger partial charge in [0.1, 0.15) is 0 Å². The summed E-state index contributed by atoms with van der Waals surface area (Å²) >= 11 is 0. The maximum Gasteiger partial charge on any atom is 0.223 e. The van der Waals surface area contributed by atoms with Crippen LogP contribution in [0.25, 0.3) is 0 Å². The molecule has 0 radical (unpaired) electrons. The molecular formula is C13H19ClN2O. The van der Waals surface area contributed by atoms with Crippen LogP contribution in [0.1, 0.15) is 24.3 Å². The Balaban J connectivity index is 0.00000144. The van der Waals surface area contributed by atoms with Crippen LogP contribution in [0.5, 0.6) is 0 Å². The maximum atomic E-state index is 11.7. The summed E-state index contributed by atoms with van der Waals surface area (Å²) < 4.78 is 0. The van der Waals surface area contributed by atoms with Gasteiger partial charge in [0.05, 0.1) is 0 Å². The van der Waals surface area contributed by atoms with Crippen molar-refractivity contribution in [1.29, 1.82) is 0 Å². The topological polar surface area (TPSA) is 46.3 Å². The Morgan fingerprint density at radius 1 is 1.35 bits per heavy atom. The van der Waals surface area contributed by atoms with Gasteiger partial charge < -0.3 is 10.6 Å². The minimum Gasteiger partial charge on any atom is -0.342 e. The smallest absolute Gasteiger partial charge is 0.223 e. The number of carbonyl (C=O) groups is 1. The lowest BCUT2D eigenvalue weighted by Crippen LogP contribution is -2.29. The fourth-order valence-corrected chi connectivity index (χ4v) is 2.27. The number of carbonyl (C=O) groups excluding carboxylic acids is 1. The van der Waals surface area contributed by atoms with Gasteiger partial charge in [-0.2, -0.15) is 0 Å². The van der Waals surface area contributed by atoms with Gasteiger partial charge in [0.2, 0.25) is 5.91 Å². The van der Waals surface area contributed by atoms with E-state index >= 15 is 0 Å². The molecule has 1 aliphatic heterocycles. The number of halogens is 1. The molecule has 4 heteroatoms. The summed E-state index contributed by atoms with van der Waals surface area (Å²) in [5.41, 5.74) is 6.73. The van der Waals surface area contributed by atoms with Crippen LogP contribution >= 0.6 is 12.4 Å². The van der Waals surface area contributed by atoms with Crippen molar-refractivity contribution in [2.75, 3.05) is 19.6 Å². The highest BCUT2D eigenvalue weighted by molar-refractivity contribution is 5.85. The van der Waals surface area contributed by atoms with Gasteiger partial charge in [-0.1, -0.05) is 30.3 Å². The molecule has 1 heterocycles. The molecule has 1 fully saturated rings. The standard InChI is InChI=1S/C13H18N2O.ClH/c14-8-6-13(16)15-9-7-12(10-15)11-4-2-1-3-5-11;/h1-5,12H,6-10,14H2;1H. The van der Waals surface area contributed by atoms with E-state index in [1.54, 1.807) is 0 Å². The molecule has 0 aliphatic carbocycles. The first-order valence-electron chi connectivity index (χ1n) is 5.84. The molecule has 1 aromatic rings. The van der Waals surface area contributed by atoms with E-state index in [0.717, 1.165) is 19.5 Å². The molecule has 1 aliphatic rings. The zero-order valence-electron chi connectivity index (χ0n) is 9.84. The van der Waals surface area contributed by atoms with E-state index in [1.807, 2.05) is 11.0 Å². The van der Waals surface area contributed by atoms with E-state index in [0.29, 0.717) is 18.9 Å². The average Bonchev–Trinajstić information content (AvgIpc) is 2.80. The number of hydrogen-bond acceptors (Lipinski definition) is 2. The Kier molecular flexibility index (Phi) is 5.45. The number of likely N-dealkylation sites (tertiary alicyclic amines) is 1. The Morgan fingerprint density at radius 2 is 2.06 bits per heavy atom. The predicted octanol–water partition coefficient (Wildman–Crippen LogP) is 1.77. The number of hydrogen-bond donors (Lipinski definition) is 1.